The van der Waals surface area contributed by atoms with Crippen molar-refractivity contribution in [2.45, 2.75) is 38.3 Å². The van der Waals surface area contributed by atoms with Crippen LogP contribution in [0, 0.1) is 0 Å². The highest BCUT2D eigenvalue weighted by molar-refractivity contribution is 5.86. The molecule has 3 N–H and O–H groups in total. The minimum absolute atomic E-state index is 0.0385. The van der Waals surface area contributed by atoms with Gasteiger partial charge in [0, 0.05) is 19.7 Å². The van der Waals surface area contributed by atoms with Crippen molar-refractivity contribution in [2.75, 3.05) is 19.7 Å². The van der Waals surface area contributed by atoms with E-state index in [1.54, 1.807) is 6.92 Å². The Morgan fingerprint density at radius 1 is 1.40 bits per heavy atom. The molecule has 20 heavy (non-hydrogen) atoms. The molecule has 0 bridgehead atoms. The van der Waals surface area contributed by atoms with Crippen molar-refractivity contribution >= 4 is 18.0 Å². The number of hydrogen-bond acceptors (Lipinski definition) is 4. The smallest absolute Gasteiger partial charge is 0.326 e. The molecule has 2 atom stereocenters. The van der Waals surface area contributed by atoms with Gasteiger partial charge in [-0.25, -0.2) is 9.59 Å². The van der Waals surface area contributed by atoms with Gasteiger partial charge < -0.3 is 25.2 Å². The largest absolute Gasteiger partial charge is 0.481 e. The van der Waals surface area contributed by atoms with E-state index in [-0.39, 0.29) is 6.10 Å². The molecule has 1 aliphatic rings. The topological polar surface area (TPSA) is 116 Å². The predicted octanol–water partition coefficient (Wildman–Crippen LogP) is 0.125. The fourth-order valence-electron chi connectivity index (χ4n) is 2.00. The van der Waals surface area contributed by atoms with Gasteiger partial charge in [-0.3, -0.25) is 4.79 Å². The molecule has 0 aliphatic carbocycles. The van der Waals surface area contributed by atoms with E-state index < -0.39 is 30.4 Å². The average molecular weight is 288 g/mol. The van der Waals surface area contributed by atoms with Crippen LogP contribution < -0.4 is 5.32 Å². The molecule has 0 spiro atoms. The number of aliphatic carboxylic acids is 2. The zero-order valence-electron chi connectivity index (χ0n) is 11.4. The Balaban J connectivity index is 2.55. The molecule has 2 amide bonds. The fourth-order valence-corrected chi connectivity index (χ4v) is 2.00. The minimum atomic E-state index is -1.43. The van der Waals surface area contributed by atoms with Gasteiger partial charge in [-0.2, -0.15) is 0 Å². The van der Waals surface area contributed by atoms with Gasteiger partial charge in [0.15, 0.2) is 0 Å². The van der Waals surface area contributed by atoms with E-state index in [2.05, 4.69) is 5.32 Å². The lowest BCUT2D eigenvalue weighted by Gasteiger charge is -2.25. The number of likely N-dealkylation sites (N-methyl/N-ethyl adjacent to an activating group) is 1. The first kappa shape index (κ1) is 16.2. The van der Waals surface area contributed by atoms with Crippen LogP contribution in [0.2, 0.25) is 0 Å². The summed E-state index contributed by atoms with van der Waals surface area (Å²) < 4.78 is 5.42. The number of nitrogens with zero attached hydrogens (tertiary/aromatic N) is 1. The van der Waals surface area contributed by atoms with Gasteiger partial charge in [0.05, 0.1) is 12.5 Å². The SMILES string of the molecule is CCN(CC1CCCO1)C(=O)N[C@@H](CC(=O)O)C(=O)O. The average Bonchev–Trinajstić information content (AvgIpc) is 2.87. The van der Waals surface area contributed by atoms with E-state index >= 15 is 0 Å². The summed E-state index contributed by atoms with van der Waals surface area (Å²) in [4.78, 5) is 34.9. The van der Waals surface area contributed by atoms with Gasteiger partial charge in [-0.15, -0.1) is 0 Å². The Morgan fingerprint density at radius 3 is 2.55 bits per heavy atom. The molecule has 8 heteroatoms. The van der Waals surface area contributed by atoms with Gasteiger partial charge in [0.1, 0.15) is 6.04 Å². The van der Waals surface area contributed by atoms with Gasteiger partial charge in [-0.05, 0) is 19.8 Å². The normalized spacial score (nSPS) is 19.4. The second-order valence-electron chi connectivity index (χ2n) is 4.61. The number of nitrogens with one attached hydrogen (secondary N) is 1. The first-order valence-corrected chi connectivity index (χ1v) is 6.55. The molecule has 114 valence electrons. The Hall–Kier alpha value is -1.83. The first-order chi connectivity index (χ1) is 9.43. The summed E-state index contributed by atoms with van der Waals surface area (Å²) in [7, 11) is 0. The van der Waals surface area contributed by atoms with Crippen LogP contribution >= 0.6 is 0 Å². The Labute approximate surface area is 116 Å². The third-order valence-electron chi connectivity index (χ3n) is 3.09. The number of hydrogen-bond donors (Lipinski definition) is 3. The zero-order chi connectivity index (χ0) is 15.1. The molecule has 0 radical (unpaired) electrons. The molecule has 8 nitrogen and oxygen atoms in total. The molecule has 0 aromatic rings. The first-order valence-electron chi connectivity index (χ1n) is 6.55. The number of carboxylic acid groups (broad SMARTS) is 2. The molecular weight excluding hydrogens is 268 g/mol. The van der Waals surface area contributed by atoms with E-state index in [1.165, 1.54) is 4.90 Å². The van der Waals surface area contributed by atoms with Crippen LogP contribution in [0.25, 0.3) is 0 Å². The monoisotopic (exact) mass is 288 g/mol. The number of amides is 2. The Morgan fingerprint density at radius 2 is 2.10 bits per heavy atom. The third kappa shape index (κ3) is 5.04. The van der Waals surface area contributed by atoms with E-state index in [0.29, 0.717) is 19.7 Å². The predicted molar refractivity (Wildman–Crippen MR) is 68.4 cm³/mol. The van der Waals surface area contributed by atoms with Crippen molar-refractivity contribution < 1.29 is 29.3 Å². The number of carbonyl (C=O) groups excluding carboxylic acids is 1. The van der Waals surface area contributed by atoms with E-state index in [1.807, 2.05) is 0 Å². The number of carboxylic acids is 2. The highest BCUT2D eigenvalue weighted by atomic mass is 16.5. The Kier molecular flexibility index (Phi) is 6.23. The molecule has 1 heterocycles. The number of rotatable bonds is 7. The minimum Gasteiger partial charge on any atom is -0.481 e. The van der Waals surface area contributed by atoms with Crippen molar-refractivity contribution in [3.8, 4) is 0 Å². The highest BCUT2D eigenvalue weighted by Gasteiger charge is 2.27. The van der Waals surface area contributed by atoms with E-state index in [0.717, 1.165) is 12.8 Å². The van der Waals surface area contributed by atoms with Crippen molar-refractivity contribution in [1.82, 2.24) is 10.2 Å². The number of ether oxygens (including phenoxy) is 1. The molecule has 1 aliphatic heterocycles. The maximum absolute atomic E-state index is 12.0. The number of urea groups is 1. The quantitative estimate of drug-likeness (QED) is 0.613. The molecule has 0 aromatic carbocycles. The summed E-state index contributed by atoms with van der Waals surface area (Å²) in [6.45, 7) is 3.20. The lowest BCUT2D eigenvalue weighted by molar-refractivity contribution is -0.145. The van der Waals surface area contributed by atoms with Gasteiger partial charge in [0.25, 0.3) is 0 Å². The van der Waals surface area contributed by atoms with Crippen LogP contribution in [0.5, 0.6) is 0 Å². The molecule has 1 saturated heterocycles. The second-order valence-corrected chi connectivity index (χ2v) is 4.61. The number of carbonyl (C=O) groups is 3. The van der Waals surface area contributed by atoms with Crippen LogP contribution in [-0.2, 0) is 14.3 Å². The van der Waals surface area contributed by atoms with Crippen molar-refractivity contribution in [3.63, 3.8) is 0 Å². The van der Waals surface area contributed by atoms with Crippen molar-refractivity contribution in [1.29, 1.82) is 0 Å². The maximum atomic E-state index is 12.0. The van der Waals surface area contributed by atoms with Crippen LogP contribution in [0.1, 0.15) is 26.2 Å². The summed E-state index contributed by atoms with van der Waals surface area (Å²) in [5, 5.41) is 19.7. The van der Waals surface area contributed by atoms with Crippen LogP contribution in [0.4, 0.5) is 4.79 Å². The maximum Gasteiger partial charge on any atom is 0.326 e. The third-order valence-corrected chi connectivity index (χ3v) is 3.09. The van der Waals surface area contributed by atoms with Gasteiger partial charge in [-0.1, -0.05) is 0 Å². The molecule has 1 rings (SSSR count). The summed E-state index contributed by atoms with van der Waals surface area (Å²) in [6.07, 6.45) is 1.11. The summed E-state index contributed by atoms with van der Waals surface area (Å²) >= 11 is 0. The lowest BCUT2D eigenvalue weighted by atomic mass is 10.2. The zero-order valence-corrected chi connectivity index (χ0v) is 11.4. The molecule has 1 unspecified atom stereocenters. The standard InChI is InChI=1S/C12H20N2O6/c1-2-14(7-8-4-3-5-20-8)12(19)13-9(11(17)18)6-10(15)16/h8-9H,2-7H2,1H3,(H,13,19)(H,15,16)(H,17,18)/t8?,9-/m0/s1. The van der Waals surface area contributed by atoms with Gasteiger partial charge >= 0.3 is 18.0 Å². The van der Waals surface area contributed by atoms with Crippen LogP contribution in [0.3, 0.4) is 0 Å². The van der Waals surface area contributed by atoms with E-state index in [9.17, 15) is 14.4 Å². The van der Waals surface area contributed by atoms with E-state index in [4.69, 9.17) is 14.9 Å². The van der Waals surface area contributed by atoms with Crippen molar-refractivity contribution in [3.05, 3.63) is 0 Å². The summed E-state index contributed by atoms with van der Waals surface area (Å²) in [5.74, 6) is -2.64. The van der Waals surface area contributed by atoms with Crippen LogP contribution in [-0.4, -0.2) is 64.9 Å². The van der Waals surface area contributed by atoms with Crippen molar-refractivity contribution in [2.24, 2.45) is 0 Å². The summed E-state index contributed by atoms with van der Waals surface area (Å²) in [6, 6.07) is -2.02. The van der Waals surface area contributed by atoms with Gasteiger partial charge in [0.2, 0.25) is 0 Å². The van der Waals surface area contributed by atoms with Crippen LogP contribution in [0.15, 0.2) is 0 Å². The fraction of sp³-hybridized carbons (Fsp3) is 0.750. The molecule has 0 aromatic heterocycles. The molecule has 1 fully saturated rings. The molecule has 0 saturated carbocycles. The summed E-state index contributed by atoms with van der Waals surface area (Å²) in [5.41, 5.74) is 0. The molecular formula is C12H20N2O6. The Bertz CT molecular complexity index is 367. The lowest BCUT2D eigenvalue weighted by Crippen LogP contribution is -2.50. The highest BCUT2D eigenvalue weighted by Crippen LogP contribution is 2.13. The second kappa shape index (κ2) is 7.68.